The van der Waals surface area contributed by atoms with Crippen molar-refractivity contribution in [1.29, 1.82) is 0 Å². The lowest BCUT2D eigenvalue weighted by Gasteiger charge is -2.43. The molecular weight excluding hydrogens is 358 g/mol. The van der Waals surface area contributed by atoms with E-state index < -0.39 is 0 Å². The van der Waals surface area contributed by atoms with Crippen molar-refractivity contribution in [3.05, 3.63) is 81.8 Å². The molecule has 0 fully saturated rings. The molecule has 29 heavy (non-hydrogen) atoms. The van der Waals surface area contributed by atoms with E-state index in [-0.39, 0.29) is 17.0 Å². The lowest BCUT2D eigenvalue weighted by atomic mass is 9.79. The van der Waals surface area contributed by atoms with Gasteiger partial charge in [-0.25, -0.2) is 0 Å². The number of H-pyrrole nitrogens is 2. The molecule has 148 valence electrons. The van der Waals surface area contributed by atoms with Gasteiger partial charge in [-0.05, 0) is 41.0 Å². The molecule has 2 N–H and O–H groups in total. The fraction of sp³-hybridized carbons (Fsp3) is 0.320. The van der Waals surface area contributed by atoms with Crippen LogP contribution in [0.5, 0.6) is 0 Å². The van der Waals surface area contributed by atoms with Crippen molar-refractivity contribution in [1.82, 2.24) is 14.9 Å². The lowest BCUT2D eigenvalue weighted by Crippen LogP contribution is -2.42. The van der Waals surface area contributed by atoms with Crippen molar-refractivity contribution >= 4 is 21.8 Å². The second kappa shape index (κ2) is 6.60. The number of nitrogens with zero attached hydrogens (tertiary/aromatic N) is 1. The molecular formula is C25H27N3O. The third-order valence-corrected chi connectivity index (χ3v) is 6.16. The maximum atomic E-state index is 12.8. The van der Waals surface area contributed by atoms with Crippen LogP contribution in [0.15, 0.2) is 59.4 Å². The second-order valence-electron chi connectivity index (χ2n) is 9.26. The van der Waals surface area contributed by atoms with Crippen LogP contribution in [-0.2, 0) is 13.0 Å². The van der Waals surface area contributed by atoms with Crippen molar-refractivity contribution in [3.63, 3.8) is 0 Å². The van der Waals surface area contributed by atoms with Gasteiger partial charge in [0.15, 0.2) is 0 Å². The number of para-hydroxylation sites is 2. The Kier molecular flexibility index (Phi) is 4.14. The van der Waals surface area contributed by atoms with Crippen LogP contribution in [0, 0.1) is 5.41 Å². The molecule has 3 heterocycles. The van der Waals surface area contributed by atoms with E-state index in [1.54, 1.807) is 0 Å². The van der Waals surface area contributed by atoms with Crippen LogP contribution >= 0.6 is 0 Å². The minimum Gasteiger partial charge on any atom is -0.357 e. The number of aromatic nitrogens is 2. The molecule has 0 saturated carbocycles. The standard InChI is InChI=1S/C25H27N3O/c1-25(2,3)23-22-19(18-9-5-7-11-21(18)26-22)12-13-28(23)15-17-14-16-8-4-6-10-20(16)27-24(17)29/h4-11,14,23,26H,12-13,15H2,1-3H3,(H,27,29). The maximum absolute atomic E-state index is 12.8. The summed E-state index contributed by atoms with van der Waals surface area (Å²) in [4.78, 5) is 22.0. The highest BCUT2D eigenvalue weighted by Gasteiger charge is 2.38. The van der Waals surface area contributed by atoms with Crippen LogP contribution in [0.1, 0.15) is 43.6 Å². The van der Waals surface area contributed by atoms with Gasteiger partial charge in [0.25, 0.3) is 5.56 Å². The summed E-state index contributed by atoms with van der Waals surface area (Å²) in [5.41, 5.74) is 5.73. The van der Waals surface area contributed by atoms with Crippen LogP contribution in [0.3, 0.4) is 0 Å². The molecule has 1 aliphatic rings. The molecule has 0 bridgehead atoms. The zero-order chi connectivity index (χ0) is 20.2. The Morgan fingerprint density at radius 3 is 2.52 bits per heavy atom. The summed E-state index contributed by atoms with van der Waals surface area (Å²) in [7, 11) is 0. The first kappa shape index (κ1) is 18.2. The highest BCUT2D eigenvalue weighted by molar-refractivity contribution is 5.85. The molecule has 0 aliphatic carbocycles. The SMILES string of the molecule is CC(C)(C)C1c2[nH]c3ccccc3c2CCN1Cc1cc2ccccc2[nH]c1=O. The van der Waals surface area contributed by atoms with Gasteiger partial charge in [0.05, 0.1) is 6.04 Å². The molecule has 0 radical (unpaired) electrons. The van der Waals surface area contributed by atoms with Crippen molar-refractivity contribution < 1.29 is 0 Å². The van der Waals surface area contributed by atoms with Crippen molar-refractivity contribution in [3.8, 4) is 0 Å². The summed E-state index contributed by atoms with van der Waals surface area (Å²) in [6.07, 6.45) is 0.997. The molecule has 5 rings (SSSR count). The third kappa shape index (κ3) is 3.08. The van der Waals surface area contributed by atoms with E-state index in [1.165, 1.54) is 22.2 Å². The molecule has 4 nitrogen and oxygen atoms in total. The Morgan fingerprint density at radius 1 is 1.00 bits per heavy atom. The number of hydrogen-bond donors (Lipinski definition) is 2. The highest BCUT2D eigenvalue weighted by atomic mass is 16.1. The van der Waals surface area contributed by atoms with Gasteiger partial charge in [-0.15, -0.1) is 0 Å². The summed E-state index contributed by atoms with van der Waals surface area (Å²) < 4.78 is 0. The maximum Gasteiger partial charge on any atom is 0.252 e. The minimum atomic E-state index is 0.0128. The van der Waals surface area contributed by atoms with E-state index >= 15 is 0 Å². The number of fused-ring (bicyclic) bond motifs is 4. The number of pyridine rings is 1. The van der Waals surface area contributed by atoms with Crippen LogP contribution < -0.4 is 5.56 Å². The van der Waals surface area contributed by atoms with Crippen molar-refractivity contribution in [2.45, 2.75) is 39.8 Å². The highest BCUT2D eigenvalue weighted by Crippen LogP contribution is 2.44. The fourth-order valence-corrected chi connectivity index (χ4v) is 4.97. The second-order valence-corrected chi connectivity index (χ2v) is 9.26. The summed E-state index contributed by atoms with van der Waals surface area (Å²) in [5, 5.41) is 2.41. The average Bonchev–Trinajstić information content (AvgIpc) is 3.05. The predicted octanol–water partition coefficient (Wildman–Crippen LogP) is 5.15. The summed E-state index contributed by atoms with van der Waals surface area (Å²) in [6.45, 7) is 8.46. The fourth-order valence-electron chi connectivity index (χ4n) is 4.97. The Morgan fingerprint density at radius 2 is 1.72 bits per heavy atom. The van der Waals surface area contributed by atoms with Crippen LogP contribution in [0.2, 0.25) is 0 Å². The zero-order valence-electron chi connectivity index (χ0n) is 17.3. The van der Waals surface area contributed by atoms with E-state index in [2.05, 4.69) is 72.0 Å². The number of aromatic amines is 2. The number of rotatable bonds is 2. The first-order valence-electron chi connectivity index (χ1n) is 10.4. The first-order chi connectivity index (χ1) is 13.9. The topological polar surface area (TPSA) is 51.9 Å². The molecule has 1 unspecified atom stereocenters. The molecule has 2 aromatic carbocycles. The van der Waals surface area contributed by atoms with E-state index in [1.807, 2.05) is 18.2 Å². The summed E-state index contributed by atoms with van der Waals surface area (Å²) in [5.74, 6) is 0. The van der Waals surface area contributed by atoms with E-state index in [0.717, 1.165) is 29.4 Å². The molecule has 1 aliphatic heterocycles. The number of benzene rings is 2. The van der Waals surface area contributed by atoms with Gasteiger partial charge in [0, 0.05) is 40.8 Å². The van der Waals surface area contributed by atoms with Crippen molar-refractivity contribution in [2.75, 3.05) is 6.54 Å². The average molecular weight is 386 g/mol. The molecule has 0 amide bonds. The zero-order valence-corrected chi connectivity index (χ0v) is 17.3. The summed E-state index contributed by atoms with van der Waals surface area (Å²) in [6, 6.07) is 18.8. The van der Waals surface area contributed by atoms with Gasteiger partial charge in [-0.2, -0.15) is 0 Å². The number of hydrogen-bond acceptors (Lipinski definition) is 2. The minimum absolute atomic E-state index is 0.0128. The van der Waals surface area contributed by atoms with Gasteiger partial charge in [0.2, 0.25) is 0 Å². The smallest absolute Gasteiger partial charge is 0.252 e. The van der Waals surface area contributed by atoms with Gasteiger partial charge < -0.3 is 9.97 Å². The van der Waals surface area contributed by atoms with Gasteiger partial charge in [0.1, 0.15) is 0 Å². The Hall–Kier alpha value is -2.85. The van der Waals surface area contributed by atoms with Crippen LogP contribution in [-0.4, -0.2) is 21.4 Å². The van der Waals surface area contributed by atoms with Gasteiger partial charge >= 0.3 is 0 Å². The summed E-state index contributed by atoms with van der Waals surface area (Å²) >= 11 is 0. The molecule has 1 atom stereocenters. The quantitative estimate of drug-likeness (QED) is 0.501. The molecule has 2 aromatic heterocycles. The van der Waals surface area contributed by atoms with Gasteiger partial charge in [-0.3, -0.25) is 9.69 Å². The Bertz CT molecular complexity index is 1260. The lowest BCUT2D eigenvalue weighted by molar-refractivity contribution is 0.0790. The molecule has 0 spiro atoms. The molecule has 4 aromatic rings. The van der Waals surface area contributed by atoms with Crippen LogP contribution in [0.25, 0.3) is 21.8 Å². The third-order valence-electron chi connectivity index (χ3n) is 6.16. The molecule has 0 saturated heterocycles. The monoisotopic (exact) mass is 385 g/mol. The number of nitrogens with one attached hydrogen (secondary N) is 2. The first-order valence-corrected chi connectivity index (χ1v) is 10.4. The van der Waals surface area contributed by atoms with Crippen molar-refractivity contribution in [2.24, 2.45) is 5.41 Å². The van der Waals surface area contributed by atoms with E-state index in [4.69, 9.17) is 0 Å². The van der Waals surface area contributed by atoms with E-state index in [9.17, 15) is 4.79 Å². The Labute approximate surface area is 170 Å². The van der Waals surface area contributed by atoms with Crippen LogP contribution in [0.4, 0.5) is 0 Å². The largest absolute Gasteiger partial charge is 0.357 e. The van der Waals surface area contributed by atoms with E-state index in [0.29, 0.717) is 6.54 Å². The Balaban J connectivity index is 1.58. The predicted molar refractivity (Wildman–Crippen MR) is 119 cm³/mol. The molecule has 4 heteroatoms. The normalized spacial score (nSPS) is 17.7. The van der Waals surface area contributed by atoms with Gasteiger partial charge in [-0.1, -0.05) is 57.2 Å².